The zero-order valence-corrected chi connectivity index (χ0v) is 20.5. The highest BCUT2D eigenvalue weighted by Crippen LogP contribution is 2.33. The molecular weight excluding hydrogens is 444 g/mol. The molecule has 8 heteroatoms. The van der Waals surface area contributed by atoms with Crippen molar-refractivity contribution in [2.45, 2.75) is 45.8 Å². The van der Waals surface area contributed by atoms with Crippen molar-refractivity contribution in [1.29, 1.82) is 0 Å². The second kappa shape index (κ2) is 11.2. The highest BCUT2D eigenvalue weighted by atomic mass is 16.5. The van der Waals surface area contributed by atoms with Crippen LogP contribution in [0.1, 0.15) is 42.7 Å². The first-order valence-corrected chi connectivity index (χ1v) is 11.9. The number of methoxy groups -OCH3 is 1. The minimum absolute atomic E-state index is 0.266. The summed E-state index contributed by atoms with van der Waals surface area (Å²) in [6.45, 7) is 5.76. The van der Waals surface area contributed by atoms with Crippen LogP contribution in [0.2, 0.25) is 0 Å². The van der Waals surface area contributed by atoms with E-state index in [9.17, 15) is 9.59 Å². The largest absolute Gasteiger partial charge is 0.464 e. The molecule has 1 aromatic carbocycles. The molecule has 3 heterocycles. The molecule has 2 aromatic heterocycles. The predicted molar refractivity (Wildman–Crippen MR) is 137 cm³/mol. The Bertz CT molecular complexity index is 1230. The Labute approximate surface area is 205 Å². The number of aromatic nitrogens is 2. The first-order valence-electron chi connectivity index (χ1n) is 11.9. The van der Waals surface area contributed by atoms with E-state index in [0.29, 0.717) is 49.3 Å². The van der Waals surface area contributed by atoms with Gasteiger partial charge in [-0.15, -0.1) is 0 Å². The van der Waals surface area contributed by atoms with E-state index in [1.54, 1.807) is 6.20 Å². The Balaban J connectivity index is 1.78. The maximum atomic E-state index is 13.0. The van der Waals surface area contributed by atoms with Crippen LogP contribution >= 0.6 is 0 Å². The molecule has 184 valence electrons. The predicted octanol–water partition coefficient (Wildman–Crippen LogP) is 4.56. The number of carbonyl (C=O) groups excluding carboxylic acids is 2. The van der Waals surface area contributed by atoms with E-state index in [-0.39, 0.29) is 11.6 Å². The van der Waals surface area contributed by atoms with Gasteiger partial charge in [-0.25, -0.2) is 9.78 Å². The number of hydrogen-bond donors (Lipinski definition) is 2. The quantitative estimate of drug-likeness (QED) is 0.347. The third-order valence-corrected chi connectivity index (χ3v) is 6.28. The monoisotopic (exact) mass is 476 g/mol. The third kappa shape index (κ3) is 5.54. The van der Waals surface area contributed by atoms with Gasteiger partial charge in [-0.2, -0.15) is 0 Å². The number of fused-ring (bicyclic) bond motifs is 1. The molecule has 0 aliphatic carbocycles. The first-order chi connectivity index (χ1) is 17.0. The zero-order chi connectivity index (χ0) is 24.8. The van der Waals surface area contributed by atoms with Gasteiger partial charge >= 0.3 is 5.97 Å². The van der Waals surface area contributed by atoms with Gasteiger partial charge < -0.3 is 24.7 Å². The number of rotatable bonds is 9. The summed E-state index contributed by atoms with van der Waals surface area (Å²) in [4.78, 5) is 30.7. The summed E-state index contributed by atoms with van der Waals surface area (Å²) >= 11 is 0. The normalized spacial score (nSPS) is 15.9. The van der Waals surface area contributed by atoms with Crippen molar-refractivity contribution in [2.75, 3.05) is 30.9 Å². The number of pyridine rings is 1. The Morgan fingerprint density at radius 2 is 2.09 bits per heavy atom. The van der Waals surface area contributed by atoms with Crippen molar-refractivity contribution in [3.8, 4) is 0 Å². The molecule has 2 N–H and O–H groups in total. The van der Waals surface area contributed by atoms with Crippen LogP contribution in [0.15, 0.2) is 54.2 Å². The number of aryl methyl sites for hydroxylation is 2. The molecule has 0 spiro atoms. The van der Waals surface area contributed by atoms with Crippen molar-refractivity contribution >= 4 is 34.3 Å². The standard InChI is InChI=1S/C27H32N4O4/c1-4-18(2)16-28-20-15-21-23(30-26(32)22-11-8-14-35-22)24(27(33)34-3)31(25(21)29-17-20)13-12-19-9-6-5-7-10-19/h4-7,9-10,15,17,22,28H,8,11-14,16H2,1-3H3,(H,30,32)/b18-4+. The van der Waals surface area contributed by atoms with Gasteiger partial charge in [0.05, 0.1) is 24.7 Å². The lowest BCUT2D eigenvalue weighted by atomic mass is 10.1. The van der Waals surface area contributed by atoms with Gasteiger partial charge in [-0.1, -0.05) is 42.0 Å². The fourth-order valence-electron chi connectivity index (χ4n) is 4.19. The number of amides is 1. The number of esters is 1. The molecule has 0 bridgehead atoms. The third-order valence-electron chi connectivity index (χ3n) is 6.28. The van der Waals surface area contributed by atoms with Crippen LogP contribution in [0.5, 0.6) is 0 Å². The van der Waals surface area contributed by atoms with Gasteiger partial charge in [0.25, 0.3) is 5.91 Å². The number of carbonyl (C=O) groups is 2. The molecule has 1 saturated heterocycles. The molecule has 1 unspecified atom stereocenters. The highest BCUT2D eigenvalue weighted by molar-refractivity contribution is 6.12. The summed E-state index contributed by atoms with van der Waals surface area (Å²) in [6.07, 6.45) is 5.43. The van der Waals surface area contributed by atoms with Crippen LogP contribution in [-0.2, 0) is 27.2 Å². The van der Waals surface area contributed by atoms with Crippen LogP contribution < -0.4 is 10.6 Å². The summed E-state index contributed by atoms with van der Waals surface area (Å²) in [6, 6.07) is 12.0. The van der Waals surface area contributed by atoms with E-state index in [0.717, 1.165) is 17.7 Å². The molecule has 1 aliphatic rings. The van der Waals surface area contributed by atoms with Crippen LogP contribution in [0.25, 0.3) is 11.0 Å². The second-order valence-corrected chi connectivity index (χ2v) is 8.68. The highest BCUT2D eigenvalue weighted by Gasteiger charge is 2.30. The first kappa shape index (κ1) is 24.5. The number of anilines is 2. The maximum Gasteiger partial charge on any atom is 0.356 e. The van der Waals surface area contributed by atoms with Crippen molar-refractivity contribution in [2.24, 2.45) is 0 Å². The molecule has 0 saturated carbocycles. The second-order valence-electron chi connectivity index (χ2n) is 8.68. The number of ether oxygens (including phenoxy) is 2. The van der Waals surface area contributed by atoms with Gasteiger partial charge in [0, 0.05) is 25.1 Å². The molecule has 1 amide bonds. The smallest absolute Gasteiger partial charge is 0.356 e. The molecule has 35 heavy (non-hydrogen) atoms. The van der Waals surface area contributed by atoms with Gasteiger partial charge in [0.15, 0.2) is 5.69 Å². The molecule has 0 radical (unpaired) electrons. The van der Waals surface area contributed by atoms with E-state index in [1.165, 1.54) is 12.7 Å². The minimum atomic E-state index is -0.533. The number of nitrogens with one attached hydrogen (secondary N) is 2. The lowest BCUT2D eigenvalue weighted by molar-refractivity contribution is -0.124. The van der Waals surface area contributed by atoms with Crippen molar-refractivity contribution < 1.29 is 19.1 Å². The molecule has 1 atom stereocenters. The number of benzene rings is 1. The van der Waals surface area contributed by atoms with Gasteiger partial charge in [0.1, 0.15) is 11.8 Å². The van der Waals surface area contributed by atoms with Crippen molar-refractivity contribution in [3.63, 3.8) is 0 Å². The Morgan fingerprint density at radius 3 is 2.77 bits per heavy atom. The van der Waals surface area contributed by atoms with Gasteiger partial charge in [-0.05, 0) is 44.7 Å². The van der Waals surface area contributed by atoms with E-state index < -0.39 is 12.1 Å². The Hall–Kier alpha value is -3.65. The minimum Gasteiger partial charge on any atom is -0.464 e. The summed E-state index contributed by atoms with van der Waals surface area (Å²) in [5.41, 5.74) is 4.40. The fraction of sp³-hybridized carbons (Fsp3) is 0.370. The zero-order valence-electron chi connectivity index (χ0n) is 20.5. The number of allylic oxidation sites excluding steroid dienone is 1. The molecule has 3 aromatic rings. The molecule has 1 aliphatic heterocycles. The Kier molecular flexibility index (Phi) is 7.82. The van der Waals surface area contributed by atoms with E-state index >= 15 is 0 Å². The number of hydrogen-bond acceptors (Lipinski definition) is 6. The molecule has 4 rings (SSSR count). The van der Waals surface area contributed by atoms with Crippen LogP contribution in [0.4, 0.5) is 11.4 Å². The average Bonchev–Trinajstić information content (AvgIpc) is 3.53. The van der Waals surface area contributed by atoms with E-state index in [4.69, 9.17) is 14.5 Å². The Morgan fingerprint density at radius 1 is 1.29 bits per heavy atom. The van der Waals surface area contributed by atoms with Crippen LogP contribution in [0, 0.1) is 0 Å². The van der Waals surface area contributed by atoms with Gasteiger partial charge in [0.2, 0.25) is 0 Å². The lowest BCUT2D eigenvalue weighted by Crippen LogP contribution is -2.28. The summed E-state index contributed by atoms with van der Waals surface area (Å²) < 4.78 is 12.5. The van der Waals surface area contributed by atoms with Crippen LogP contribution in [0.3, 0.4) is 0 Å². The molecule has 1 fully saturated rings. The fourth-order valence-corrected chi connectivity index (χ4v) is 4.19. The van der Waals surface area contributed by atoms with Crippen LogP contribution in [-0.4, -0.2) is 47.8 Å². The van der Waals surface area contributed by atoms with E-state index in [1.807, 2.05) is 60.9 Å². The summed E-state index contributed by atoms with van der Waals surface area (Å²) in [5, 5.41) is 7.00. The number of nitrogens with zero attached hydrogens (tertiary/aromatic N) is 2. The lowest BCUT2D eigenvalue weighted by Gasteiger charge is -2.13. The average molecular weight is 477 g/mol. The van der Waals surface area contributed by atoms with Gasteiger partial charge in [-0.3, -0.25) is 4.79 Å². The SMILES string of the molecule is C/C=C(\C)CNc1cnc2c(c1)c(NC(=O)C1CCCO1)c(C(=O)OC)n2CCc1ccccc1. The maximum absolute atomic E-state index is 13.0. The summed E-state index contributed by atoms with van der Waals surface area (Å²) in [5.74, 6) is -0.796. The summed E-state index contributed by atoms with van der Waals surface area (Å²) in [7, 11) is 1.34. The van der Waals surface area contributed by atoms with Crippen molar-refractivity contribution in [1.82, 2.24) is 9.55 Å². The van der Waals surface area contributed by atoms with E-state index in [2.05, 4.69) is 10.6 Å². The van der Waals surface area contributed by atoms with Crippen molar-refractivity contribution in [3.05, 3.63) is 65.5 Å². The topological polar surface area (TPSA) is 94.5 Å². The molecule has 8 nitrogen and oxygen atoms in total. The molecular formula is C27H32N4O4.